The van der Waals surface area contributed by atoms with Crippen molar-refractivity contribution >= 4 is 12.0 Å². The Morgan fingerprint density at radius 1 is 1.07 bits per heavy atom. The van der Waals surface area contributed by atoms with E-state index in [-0.39, 0.29) is 11.3 Å². The summed E-state index contributed by atoms with van der Waals surface area (Å²) in [4.78, 5) is 16.0. The number of amides is 1. The summed E-state index contributed by atoms with van der Waals surface area (Å²) in [7, 11) is 0. The molecule has 1 amide bonds. The molecule has 0 saturated heterocycles. The van der Waals surface area contributed by atoms with Gasteiger partial charge in [-0.15, -0.1) is 0 Å². The molecule has 1 aromatic heterocycles. The van der Waals surface area contributed by atoms with E-state index in [4.69, 9.17) is 0 Å². The van der Waals surface area contributed by atoms with Gasteiger partial charge in [0, 0.05) is 23.9 Å². The summed E-state index contributed by atoms with van der Waals surface area (Å²) in [6.07, 6.45) is 20.3. The van der Waals surface area contributed by atoms with Gasteiger partial charge in [0.05, 0.1) is 0 Å². The van der Waals surface area contributed by atoms with Gasteiger partial charge >= 0.3 is 0 Å². The van der Waals surface area contributed by atoms with Crippen LogP contribution in [-0.4, -0.2) is 16.9 Å². The minimum Gasteiger partial charge on any atom is -0.349 e. The molecule has 28 heavy (non-hydrogen) atoms. The standard InChI is InChI=1S/C25H32N2O/c1-24-13-9-21-19(6-8-22-25(21,2)14-10-23(28)27-22)20(24)7-5-18(24)4-3-17-11-15-26-16-12-17/h3-4,10-12,14-16,18-22H,5-9,13H2,1-2H3,(H,27,28)/b4-3-/t18-,19-,20-,21-,22+,24+,25+/m0/s1. The molecule has 5 rings (SSSR count). The van der Waals surface area contributed by atoms with Crippen molar-refractivity contribution in [2.24, 2.45) is 34.5 Å². The summed E-state index contributed by atoms with van der Waals surface area (Å²) in [6, 6.07) is 4.52. The zero-order valence-corrected chi connectivity index (χ0v) is 17.1. The van der Waals surface area contributed by atoms with Gasteiger partial charge in [0.1, 0.15) is 0 Å². The lowest BCUT2D eigenvalue weighted by molar-refractivity contribution is -0.122. The van der Waals surface area contributed by atoms with E-state index >= 15 is 0 Å². The zero-order chi connectivity index (χ0) is 19.4. The predicted octanol–water partition coefficient (Wildman–Crippen LogP) is 5.01. The third-order valence-electron chi connectivity index (χ3n) is 8.99. The van der Waals surface area contributed by atoms with Gasteiger partial charge in [-0.2, -0.15) is 0 Å². The third-order valence-corrected chi connectivity index (χ3v) is 8.99. The second-order valence-corrected chi connectivity index (χ2v) is 10.1. The van der Waals surface area contributed by atoms with Crippen LogP contribution in [0.5, 0.6) is 0 Å². The van der Waals surface area contributed by atoms with E-state index < -0.39 is 0 Å². The minimum atomic E-state index is 0.101. The van der Waals surface area contributed by atoms with Crippen LogP contribution in [0.15, 0.2) is 42.8 Å². The molecule has 3 aliphatic carbocycles. The Kier molecular flexibility index (Phi) is 4.26. The topological polar surface area (TPSA) is 42.0 Å². The fourth-order valence-corrected chi connectivity index (χ4v) is 7.39. The highest BCUT2D eigenvalue weighted by atomic mass is 16.1. The number of pyridine rings is 1. The van der Waals surface area contributed by atoms with Crippen molar-refractivity contribution in [2.45, 2.75) is 58.4 Å². The molecule has 2 heterocycles. The van der Waals surface area contributed by atoms with E-state index in [1.165, 1.54) is 37.7 Å². The van der Waals surface area contributed by atoms with Crippen LogP contribution in [-0.2, 0) is 4.79 Å². The third kappa shape index (κ3) is 2.69. The maximum Gasteiger partial charge on any atom is 0.243 e. The smallest absolute Gasteiger partial charge is 0.243 e. The average molecular weight is 377 g/mol. The first-order chi connectivity index (χ1) is 13.5. The SMILES string of the molecule is C[C@]12C=CC(=O)N[C@@H]1CC[C@@H]1[C@@H]2CC[C@]2(C)[C@@H](/C=C\c3ccncc3)CC[C@@H]12. The summed E-state index contributed by atoms with van der Waals surface area (Å²) in [5, 5.41) is 3.27. The summed E-state index contributed by atoms with van der Waals surface area (Å²) in [5.74, 6) is 3.12. The van der Waals surface area contributed by atoms with E-state index in [0.29, 0.717) is 23.3 Å². The van der Waals surface area contributed by atoms with Crippen LogP contribution in [0, 0.1) is 34.5 Å². The van der Waals surface area contributed by atoms with Crippen molar-refractivity contribution in [3.63, 3.8) is 0 Å². The Bertz CT molecular complexity index is 815. The monoisotopic (exact) mass is 376 g/mol. The maximum atomic E-state index is 11.9. The number of nitrogens with one attached hydrogen (secondary N) is 1. The van der Waals surface area contributed by atoms with Gasteiger partial charge in [0.15, 0.2) is 0 Å². The summed E-state index contributed by atoms with van der Waals surface area (Å²) < 4.78 is 0. The van der Waals surface area contributed by atoms with Crippen molar-refractivity contribution < 1.29 is 4.79 Å². The lowest BCUT2D eigenvalue weighted by Crippen LogP contribution is -2.59. The van der Waals surface area contributed by atoms with Crippen LogP contribution in [0.25, 0.3) is 6.08 Å². The lowest BCUT2D eigenvalue weighted by atomic mass is 9.48. The van der Waals surface area contributed by atoms with Gasteiger partial charge in [0.2, 0.25) is 5.91 Å². The molecule has 7 atom stereocenters. The van der Waals surface area contributed by atoms with Crippen LogP contribution in [0.4, 0.5) is 0 Å². The molecule has 0 bridgehead atoms. The number of rotatable bonds is 2. The summed E-state index contributed by atoms with van der Waals surface area (Å²) in [6.45, 7) is 4.97. The Balaban J connectivity index is 1.39. The average Bonchev–Trinajstić information content (AvgIpc) is 3.04. The molecule has 3 saturated carbocycles. The van der Waals surface area contributed by atoms with Crippen molar-refractivity contribution in [3.8, 4) is 0 Å². The Morgan fingerprint density at radius 3 is 2.71 bits per heavy atom. The first-order valence-electron chi connectivity index (χ1n) is 11.1. The van der Waals surface area contributed by atoms with Gasteiger partial charge < -0.3 is 5.32 Å². The number of allylic oxidation sites excluding steroid dienone is 1. The van der Waals surface area contributed by atoms with E-state index in [2.05, 4.69) is 54.5 Å². The number of hydrogen-bond donors (Lipinski definition) is 1. The number of nitrogens with zero attached hydrogens (tertiary/aromatic N) is 1. The number of fused-ring (bicyclic) bond motifs is 5. The fourth-order valence-electron chi connectivity index (χ4n) is 7.39. The number of carbonyl (C=O) groups is 1. The van der Waals surface area contributed by atoms with Crippen LogP contribution in [0.2, 0.25) is 0 Å². The predicted molar refractivity (Wildman–Crippen MR) is 112 cm³/mol. The fraction of sp³-hybridized carbons (Fsp3) is 0.600. The summed E-state index contributed by atoms with van der Waals surface area (Å²) >= 11 is 0. The number of aromatic nitrogens is 1. The molecular weight excluding hydrogens is 344 g/mol. The second-order valence-electron chi connectivity index (χ2n) is 10.1. The van der Waals surface area contributed by atoms with Crippen molar-refractivity contribution in [3.05, 3.63) is 48.3 Å². The van der Waals surface area contributed by atoms with E-state index in [1.807, 2.05) is 12.4 Å². The molecule has 0 aromatic carbocycles. The van der Waals surface area contributed by atoms with Crippen molar-refractivity contribution in [2.75, 3.05) is 0 Å². The summed E-state index contributed by atoms with van der Waals surface area (Å²) in [5.41, 5.74) is 1.82. The molecule has 3 heteroatoms. The molecule has 1 N–H and O–H groups in total. The second kappa shape index (κ2) is 6.57. The lowest BCUT2D eigenvalue weighted by Gasteiger charge is -2.58. The first-order valence-corrected chi connectivity index (χ1v) is 11.1. The Hall–Kier alpha value is -1.90. The van der Waals surface area contributed by atoms with Crippen LogP contribution in [0.3, 0.4) is 0 Å². The molecule has 0 spiro atoms. The Labute approximate surface area is 168 Å². The van der Waals surface area contributed by atoms with Crippen molar-refractivity contribution in [1.82, 2.24) is 10.3 Å². The van der Waals surface area contributed by atoms with Crippen molar-refractivity contribution in [1.29, 1.82) is 0 Å². The Morgan fingerprint density at radius 2 is 1.89 bits per heavy atom. The van der Waals surface area contributed by atoms with Gasteiger partial charge in [0.25, 0.3) is 0 Å². The highest BCUT2D eigenvalue weighted by Gasteiger charge is 2.59. The van der Waals surface area contributed by atoms with Gasteiger partial charge in [-0.05, 0) is 91.4 Å². The quantitative estimate of drug-likeness (QED) is 0.788. The van der Waals surface area contributed by atoms with Gasteiger partial charge in [-0.1, -0.05) is 32.1 Å². The van der Waals surface area contributed by atoms with E-state index in [1.54, 1.807) is 6.08 Å². The molecule has 3 nitrogen and oxygen atoms in total. The molecule has 0 radical (unpaired) electrons. The molecule has 4 aliphatic rings. The maximum absolute atomic E-state index is 11.9. The zero-order valence-electron chi connectivity index (χ0n) is 17.1. The number of carbonyl (C=O) groups excluding carboxylic acids is 1. The molecule has 148 valence electrons. The van der Waals surface area contributed by atoms with Gasteiger partial charge in [-0.3, -0.25) is 9.78 Å². The molecule has 1 aromatic rings. The largest absolute Gasteiger partial charge is 0.349 e. The molecule has 3 fully saturated rings. The molecular formula is C25H32N2O. The van der Waals surface area contributed by atoms with E-state index in [9.17, 15) is 4.79 Å². The number of hydrogen-bond acceptors (Lipinski definition) is 2. The van der Waals surface area contributed by atoms with Crippen LogP contribution >= 0.6 is 0 Å². The minimum absolute atomic E-state index is 0.101. The van der Waals surface area contributed by atoms with Crippen LogP contribution < -0.4 is 5.32 Å². The molecule has 1 aliphatic heterocycles. The van der Waals surface area contributed by atoms with Gasteiger partial charge in [-0.25, -0.2) is 0 Å². The first kappa shape index (κ1) is 18.1. The van der Waals surface area contributed by atoms with E-state index in [0.717, 1.165) is 18.3 Å². The normalized spacial score (nSPS) is 44.6. The highest BCUT2D eigenvalue weighted by molar-refractivity contribution is 5.89. The molecule has 0 unspecified atom stereocenters. The highest BCUT2D eigenvalue weighted by Crippen LogP contribution is 2.65. The van der Waals surface area contributed by atoms with Crippen LogP contribution in [0.1, 0.15) is 57.9 Å².